The molecule has 0 spiro atoms. The SMILES string of the molecule is NC(=O)[C@H](Cc1ccccc1F)NC(=O)CCc1ccccc1. The lowest BCUT2D eigenvalue weighted by atomic mass is 10.0. The highest BCUT2D eigenvalue weighted by Gasteiger charge is 2.19. The minimum absolute atomic E-state index is 0.0408. The fourth-order valence-corrected chi connectivity index (χ4v) is 2.28. The van der Waals surface area contributed by atoms with E-state index in [-0.39, 0.29) is 18.7 Å². The summed E-state index contributed by atoms with van der Waals surface area (Å²) in [5, 5.41) is 2.58. The summed E-state index contributed by atoms with van der Waals surface area (Å²) in [5.74, 6) is -1.38. The summed E-state index contributed by atoms with van der Waals surface area (Å²) in [6.07, 6.45) is 0.849. The second-order valence-electron chi connectivity index (χ2n) is 5.30. The van der Waals surface area contributed by atoms with Crippen LogP contribution in [0.2, 0.25) is 0 Å². The molecule has 0 radical (unpaired) electrons. The summed E-state index contributed by atoms with van der Waals surface area (Å²) >= 11 is 0. The molecule has 0 aliphatic rings. The Bertz CT molecular complexity index is 674. The van der Waals surface area contributed by atoms with E-state index in [0.29, 0.717) is 12.0 Å². The second-order valence-corrected chi connectivity index (χ2v) is 5.30. The van der Waals surface area contributed by atoms with Crippen molar-refractivity contribution in [3.05, 3.63) is 71.5 Å². The third-order valence-corrected chi connectivity index (χ3v) is 3.54. The first kappa shape index (κ1) is 16.7. The molecule has 1 atom stereocenters. The first-order chi connectivity index (χ1) is 11.1. The fourth-order valence-electron chi connectivity index (χ4n) is 2.28. The predicted molar refractivity (Wildman–Crippen MR) is 86.0 cm³/mol. The summed E-state index contributed by atoms with van der Waals surface area (Å²) in [5.41, 5.74) is 6.70. The third-order valence-electron chi connectivity index (χ3n) is 3.54. The smallest absolute Gasteiger partial charge is 0.240 e. The van der Waals surface area contributed by atoms with Gasteiger partial charge in [-0.05, 0) is 23.6 Å². The maximum Gasteiger partial charge on any atom is 0.240 e. The second kappa shape index (κ2) is 8.08. The van der Waals surface area contributed by atoms with Gasteiger partial charge in [-0.1, -0.05) is 48.5 Å². The van der Waals surface area contributed by atoms with Gasteiger partial charge in [0.2, 0.25) is 11.8 Å². The zero-order valence-electron chi connectivity index (χ0n) is 12.7. The maximum atomic E-state index is 13.7. The lowest BCUT2D eigenvalue weighted by Crippen LogP contribution is -2.46. The van der Waals surface area contributed by atoms with Gasteiger partial charge in [-0.3, -0.25) is 9.59 Å². The monoisotopic (exact) mass is 314 g/mol. The minimum atomic E-state index is -0.921. The largest absolute Gasteiger partial charge is 0.368 e. The van der Waals surface area contributed by atoms with E-state index in [1.807, 2.05) is 30.3 Å². The predicted octanol–water partition coefficient (Wildman–Crippen LogP) is 1.97. The molecule has 120 valence electrons. The molecule has 0 saturated carbocycles. The number of halogens is 1. The molecule has 2 amide bonds. The molecule has 0 aromatic heterocycles. The van der Waals surface area contributed by atoms with Crippen molar-refractivity contribution >= 4 is 11.8 Å². The van der Waals surface area contributed by atoms with E-state index >= 15 is 0 Å². The topological polar surface area (TPSA) is 72.2 Å². The molecule has 5 heteroatoms. The molecule has 3 N–H and O–H groups in total. The molecule has 0 heterocycles. The van der Waals surface area contributed by atoms with Crippen molar-refractivity contribution in [1.29, 1.82) is 0 Å². The number of rotatable bonds is 7. The Balaban J connectivity index is 1.92. The van der Waals surface area contributed by atoms with Crippen molar-refractivity contribution in [3.8, 4) is 0 Å². The van der Waals surface area contributed by atoms with E-state index in [9.17, 15) is 14.0 Å². The average molecular weight is 314 g/mol. The number of carbonyl (C=O) groups is 2. The van der Waals surface area contributed by atoms with E-state index in [2.05, 4.69) is 5.32 Å². The Kier molecular flexibility index (Phi) is 5.86. The molecule has 0 saturated heterocycles. The van der Waals surface area contributed by atoms with Crippen molar-refractivity contribution in [2.75, 3.05) is 0 Å². The molecular weight excluding hydrogens is 295 g/mol. The number of primary amides is 1. The van der Waals surface area contributed by atoms with Crippen LogP contribution in [-0.2, 0) is 22.4 Å². The normalized spacial score (nSPS) is 11.7. The van der Waals surface area contributed by atoms with Gasteiger partial charge < -0.3 is 11.1 Å². The van der Waals surface area contributed by atoms with Gasteiger partial charge >= 0.3 is 0 Å². The van der Waals surface area contributed by atoms with Gasteiger partial charge in [-0.25, -0.2) is 4.39 Å². The quantitative estimate of drug-likeness (QED) is 0.820. The highest BCUT2D eigenvalue weighted by atomic mass is 19.1. The first-order valence-corrected chi connectivity index (χ1v) is 7.42. The van der Waals surface area contributed by atoms with Crippen LogP contribution >= 0.6 is 0 Å². The zero-order chi connectivity index (χ0) is 16.7. The van der Waals surface area contributed by atoms with Gasteiger partial charge in [0.25, 0.3) is 0 Å². The number of amides is 2. The van der Waals surface area contributed by atoms with Gasteiger partial charge in [0.05, 0.1) is 0 Å². The third kappa shape index (κ3) is 5.21. The molecular formula is C18H19FN2O2. The Morgan fingerprint density at radius 1 is 1.04 bits per heavy atom. The molecule has 2 aromatic rings. The summed E-state index contributed by atoms with van der Waals surface area (Å²) < 4.78 is 13.7. The summed E-state index contributed by atoms with van der Waals surface area (Å²) in [7, 11) is 0. The zero-order valence-corrected chi connectivity index (χ0v) is 12.7. The Labute approximate surface area is 134 Å². The van der Waals surface area contributed by atoms with E-state index in [1.54, 1.807) is 18.2 Å². The van der Waals surface area contributed by atoms with E-state index < -0.39 is 17.8 Å². The van der Waals surface area contributed by atoms with E-state index in [1.165, 1.54) is 6.07 Å². The summed E-state index contributed by atoms with van der Waals surface area (Å²) in [4.78, 5) is 23.5. The molecule has 2 aromatic carbocycles. The van der Waals surface area contributed by atoms with Crippen molar-refractivity contribution in [2.45, 2.75) is 25.3 Å². The van der Waals surface area contributed by atoms with Crippen LogP contribution < -0.4 is 11.1 Å². The summed E-state index contributed by atoms with van der Waals surface area (Å²) in [6.45, 7) is 0. The van der Waals surface area contributed by atoms with Crippen LogP contribution in [-0.4, -0.2) is 17.9 Å². The van der Waals surface area contributed by atoms with E-state index in [0.717, 1.165) is 5.56 Å². The standard InChI is InChI=1S/C18H19FN2O2/c19-15-9-5-4-8-14(15)12-16(18(20)23)21-17(22)11-10-13-6-2-1-3-7-13/h1-9,16H,10-12H2,(H2,20,23)(H,21,22)/t16-/m0/s1. The molecule has 0 bridgehead atoms. The molecule has 0 aliphatic carbocycles. The molecule has 2 rings (SSSR count). The lowest BCUT2D eigenvalue weighted by molar-refractivity contribution is -0.127. The minimum Gasteiger partial charge on any atom is -0.368 e. The fraction of sp³-hybridized carbons (Fsp3) is 0.222. The van der Waals surface area contributed by atoms with Crippen LogP contribution in [0.15, 0.2) is 54.6 Å². The molecule has 23 heavy (non-hydrogen) atoms. The Hall–Kier alpha value is -2.69. The Morgan fingerprint density at radius 2 is 1.70 bits per heavy atom. The molecule has 0 unspecified atom stereocenters. The molecule has 0 fully saturated rings. The highest BCUT2D eigenvalue weighted by Crippen LogP contribution is 2.09. The van der Waals surface area contributed by atoms with Crippen LogP contribution in [0.5, 0.6) is 0 Å². The van der Waals surface area contributed by atoms with Crippen LogP contribution in [0.4, 0.5) is 4.39 Å². The Morgan fingerprint density at radius 3 is 2.35 bits per heavy atom. The number of hydrogen-bond acceptors (Lipinski definition) is 2. The summed E-state index contributed by atoms with van der Waals surface area (Å²) in [6, 6.07) is 14.8. The number of benzene rings is 2. The van der Waals surface area contributed by atoms with Gasteiger partial charge in [-0.15, -0.1) is 0 Å². The van der Waals surface area contributed by atoms with Crippen LogP contribution in [0.1, 0.15) is 17.5 Å². The number of nitrogens with one attached hydrogen (secondary N) is 1. The van der Waals surface area contributed by atoms with Crippen molar-refractivity contribution < 1.29 is 14.0 Å². The average Bonchev–Trinajstić information content (AvgIpc) is 2.55. The number of nitrogens with two attached hydrogens (primary N) is 1. The van der Waals surface area contributed by atoms with Crippen LogP contribution in [0.25, 0.3) is 0 Å². The van der Waals surface area contributed by atoms with Gasteiger partial charge in [0.1, 0.15) is 11.9 Å². The van der Waals surface area contributed by atoms with Crippen LogP contribution in [0, 0.1) is 5.82 Å². The maximum absolute atomic E-state index is 13.7. The first-order valence-electron chi connectivity index (χ1n) is 7.42. The number of carbonyl (C=O) groups excluding carboxylic acids is 2. The van der Waals surface area contributed by atoms with Crippen molar-refractivity contribution in [3.63, 3.8) is 0 Å². The lowest BCUT2D eigenvalue weighted by Gasteiger charge is -2.16. The van der Waals surface area contributed by atoms with Gasteiger partial charge in [0, 0.05) is 12.8 Å². The van der Waals surface area contributed by atoms with Gasteiger partial charge in [0.15, 0.2) is 0 Å². The number of hydrogen-bond donors (Lipinski definition) is 2. The molecule has 4 nitrogen and oxygen atoms in total. The van der Waals surface area contributed by atoms with Gasteiger partial charge in [-0.2, -0.15) is 0 Å². The van der Waals surface area contributed by atoms with Crippen molar-refractivity contribution in [1.82, 2.24) is 5.32 Å². The van der Waals surface area contributed by atoms with E-state index in [4.69, 9.17) is 5.73 Å². The van der Waals surface area contributed by atoms with Crippen molar-refractivity contribution in [2.24, 2.45) is 5.73 Å². The number of aryl methyl sites for hydroxylation is 1. The van der Waals surface area contributed by atoms with Crippen LogP contribution in [0.3, 0.4) is 0 Å². The highest BCUT2D eigenvalue weighted by molar-refractivity contribution is 5.86. The molecule has 0 aliphatic heterocycles.